The lowest BCUT2D eigenvalue weighted by atomic mass is 9.77. The van der Waals surface area contributed by atoms with Gasteiger partial charge in [0.2, 0.25) is 6.43 Å². The van der Waals surface area contributed by atoms with Gasteiger partial charge in [-0.1, -0.05) is 37.8 Å². The van der Waals surface area contributed by atoms with E-state index >= 15 is 0 Å². The quantitative estimate of drug-likeness (QED) is 0.188. The minimum Gasteiger partial charge on any atom is -0.384 e. The molecule has 1 aliphatic carbocycles. The fraction of sp³-hybridized carbons (Fsp3) is 0.469. The Labute approximate surface area is 236 Å². The molecule has 1 spiro atoms. The molecule has 6 nitrogen and oxygen atoms in total. The highest BCUT2D eigenvalue weighted by molar-refractivity contribution is 5.98. The molecule has 2 saturated heterocycles. The van der Waals surface area contributed by atoms with Gasteiger partial charge < -0.3 is 15.4 Å². The van der Waals surface area contributed by atoms with Crippen LogP contribution in [-0.4, -0.2) is 60.2 Å². The van der Waals surface area contributed by atoms with Crippen LogP contribution in [0.3, 0.4) is 0 Å². The molecule has 214 valence electrons. The van der Waals surface area contributed by atoms with Crippen LogP contribution in [0.5, 0.6) is 0 Å². The molecule has 1 saturated carbocycles. The Morgan fingerprint density at radius 1 is 1.23 bits per heavy atom. The van der Waals surface area contributed by atoms with Gasteiger partial charge in [0.1, 0.15) is 5.84 Å². The Morgan fingerprint density at radius 3 is 2.48 bits per heavy atom. The lowest BCUT2D eigenvalue weighted by Crippen LogP contribution is -2.65. The molecule has 2 atom stereocenters. The standard InChI is InChI=1S/C32H41F2N5O/c1-6-24(28-13-11-26(16-37-28)25-9-10-25)14-29(23(5)30(33)34)38-31(35)21(3)15-36-22(4)8-12-27(7-2)39-17-32(18-39)19-40-20-32/h6-8,11-16,23,25,29-30H,1,9-10,17-20H2,2-5H3,(H2,35,38)/b12-8-,21-15+,24-14+,27-7+,36-22+. The predicted molar refractivity (Wildman–Crippen MR) is 160 cm³/mol. The van der Waals surface area contributed by atoms with E-state index < -0.39 is 18.4 Å². The van der Waals surface area contributed by atoms with Crippen LogP contribution < -0.4 is 5.73 Å². The van der Waals surface area contributed by atoms with E-state index in [9.17, 15) is 8.78 Å². The molecular formula is C32H41F2N5O. The number of nitrogens with zero attached hydrogens (tertiary/aromatic N) is 4. The van der Waals surface area contributed by atoms with E-state index in [1.165, 1.54) is 25.3 Å². The van der Waals surface area contributed by atoms with Crippen molar-refractivity contribution >= 4 is 17.1 Å². The number of hydrogen-bond donors (Lipinski definition) is 1. The van der Waals surface area contributed by atoms with Crippen LogP contribution >= 0.6 is 0 Å². The van der Waals surface area contributed by atoms with Crippen LogP contribution in [0.25, 0.3) is 5.57 Å². The molecular weight excluding hydrogens is 508 g/mol. The summed E-state index contributed by atoms with van der Waals surface area (Å²) in [7, 11) is 0. The number of alkyl halides is 2. The summed E-state index contributed by atoms with van der Waals surface area (Å²) in [5.74, 6) is -0.296. The molecule has 2 aliphatic heterocycles. The summed E-state index contributed by atoms with van der Waals surface area (Å²) in [5.41, 5.74) is 11.7. The molecule has 3 fully saturated rings. The summed E-state index contributed by atoms with van der Waals surface area (Å²) in [6.45, 7) is 14.8. The number of hydrogen-bond acceptors (Lipinski definition) is 5. The normalized spacial score (nSPS) is 22.0. The third-order valence-electron chi connectivity index (χ3n) is 7.82. The summed E-state index contributed by atoms with van der Waals surface area (Å²) in [6, 6.07) is 3.10. The van der Waals surface area contributed by atoms with Gasteiger partial charge in [-0.15, -0.1) is 0 Å². The number of halogens is 2. The number of pyridine rings is 1. The van der Waals surface area contributed by atoms with Crippen molar-refractivity contribution in [3.8, 4) is 0 Å². The zero-order chi connectivity index (χ0) is 28.9. The Hall–Kier alpha value is -3.39. The topological polar surface area (TPSA) is 76.1 Å². The van der Waals surface area contributed by atoms with E-state index in [0.29, 0.717) is 28.2 Å². The predicted octanol–water partition coefficient (Wildman–Crippen LogP) is 6.31. The fourth-order valence-electron chi connectivity index (χ4n) is 4.81. The van der Waals surface area contributed by atoms with Crippen molar-refractivity contribution in [2.75, 3.05) is 26.3 Å². The van der Waals surface area contributed by atoms with Gasteiger partial charge in [-0.2, -0.15) is 0 Å². The minimum atomic E-state index is -2.57. The largest absolute Gasteiger partial charge is 0.384 e. The third-order valence-corrected chi connectivity index (χ3v) is 7.82. The van der Waals surface area contributed by atoms with Gasteiger partial charge in [0.15, 0.2) is 0 Å². The molecule has 1 aromatic rings. The second kappa shape index (κ2) is 12.9. The van der Waals surface area contributed by atoms with Gasteiger partial charge in [-0.25, -0.2) is 8.78 Å². The molecule has 0 bridgehead atoms. The van der Waals surface area contributed by atoms with E-state index in [1.54, 1.807) is 25.3 Å². The second-order valence-corrected chi connectivity index (χ2v) is 11.3. The van der Waals surface area contributed by atoms with Gasteiger partial charge in [0.05, 0.1) is 30.4 Å². The molecule has 1 aromatic heterocycles. The SMILES string of the molecule is C=C/C(=C\C(N=C(N)/C(C)=C/N=C(C)/C=C\C(=C/C)N1CC2(COC2)C1)C(C)C(F)F)c1ccc(C2CC2)cn1. The molecule has 4 rings (SSSR count). The summed E-state index contributed by atoms with van der Waals surface area (Å²) in [5, 5.41) is 0. The van der Waals surface area contributed by atoms with Gasteiger partial charge in [-0.05, 0) is 68.9 Å². The maximum Gasteiger partial charge on any atom is 0.243 e. The van der Waals surface area contributed by atoms with Crippen LogP contribution in [0.2, 0.25) is 0 Å². The molecule has 2 unspecified atom stereocenters. The fourth-order valence-corrected chi connectivity index (χ4v) is 4.81. The van der Waals surface area contributed by atoms with E-state index in [2.05, 4.69) is 38.6 Å². The summed E-state index contributed by atoms with van der Waals surface area (Å²) in [6.07, 6.45) is 12.7. The molecule has 3 aliphatic rings. The van der Waals surface area contributed by atoms with Crippen LogP contribution in [0.15, 0.2) is 82.7 Å². The van der Waals surface area contributed by atoms with Crippen LogP contribution in [0, 0.1) is 11.3 Å². The summed E-state index contributed by atoms with van der Waals surface area (Å²) in [4.78, 5) is 15.9. The Morgan fingerprint density at radius 2 is 1.95 bits per heavy atom. The van der Waals surface area contributed by atoms with E-state index in [4.69, 9.17) is 10.5 Å². The Balaban J connectivity index is 1.46. The van der Waals surface area contributed by atoms with Gasteiger partial charge in [-0.3, -0.25) is 15.0 Å². The van der Waals surface area contributed by atoms with Crippen molar-refractivity contribution in [3.63, 3.8) is 0 Å². The monoisotopic (exact) mass is 549 g/mol. The number of allylic oxidation sites excluding steroid dienone is 5. The number of nitrogens with two attached hydrogens (primary N) is 1. The van der Waals surface area contributed by atoms with Crippen LogP contribution in [-0.2, 0) is 4.74 Å². The first-order valence-corrected chi connectivity index (χ1v) is 14.0. The highest BCUT2D eigenvalue weighted by Gasteiger charge is 2.49. The number of aromatic nitrogens is 1. The van der Waals surface area contributed by atoms with E-state index in [0.717, 1.165) is 37.7 Å². The lowest BCUT2D eigenvalue weighted by Gasteiger charge is -2.56. The highest BCUT2D eigenvalue weighted by atomic mass is 19.3. The van der Waals surface area contributed by atoms with Crippen LogP contribution in [0.4, 0.5) is 8.78 Å². The average molecular weight is 550 g/mol. The number of aliphatic imine (C=N–C) groups is 2. The zero-order valence-corrected chi connectivity index (χ0v) is 24.0. The molecule has 2 N–H and O–H groups in total. The van der Waals surface area contributed by atoms with Crippen molar-refractivity contribution in [2.45, 2.75) is 58.9 Å². The van der Waals surface area contributed by atoms with Crippen molar-refractivity contribution < 1.29 is 13.5 Å². The van der Waals surface area contributed by atoms with Gasteiger partial charge in [0.25, 0.3) is 0 Å². The number of ether oxygens (including phenoxy) is 1. The average Bonchev–Trinajstić information content (AvgIpc) is 3.75. The first-order valence-electron chi connectivity index (χ1n) is 14.0. The van der Waals surface area contributed by atoms with Gasteiger partial charge >= 0.3 is 0 Å². The van der Waals surface area contributed by atoms with Crippen molar-refractivity contribution in [2.24, 2.45) is 27.1 Å². The molecule has 8 heteroatoms. The van der Waals surface area contributed by atoms with E-state index in [1.807, 2.05) is 38.3 Å². The molecule has 0 aromatic carbocycles. The van der Waals surface area contributed by atoms with Crippen molar-refractivity contribution in [3.05, 3.63) is 84.0 Å². The smallest absolute Gasteiger partial charge is 0.243 e. The van der Waals surface area contributed by atoms with Crippen molar-refractivity contribution in [1.29, 1.82) is 0 Å². The zero-order valence-electron chi connectivity index (χ0n) is 24.0. The maximum atomic E-state index is 13.8. The van der Waals surface area contributed by atoms with Crippen molar-refractivity contribution in [1.82, 2.24) is 9.88 Å². The second-order valence-electron chi connectivity index (χ2n) is 11.3. The third kappa shape index (κ3) is 7.22. The Kier molecular flexibility index (Phi) is 9.51. The van der Waals surface area contributed by atoms with Gasteiger partial charge in [0, 0.05) is 48.4 Å². The molecule has 3 heterocycles. The number of amidine groups is 1. The van der Waals surface area contributed by atoms with E-state index in [-0.39, 0.29) is 5.84 Å². The lowest BCUT2D eigenvalue weighted by molar-refractivity contribution is -0.179. The maximum absolute atomic E-state index is 13.8. The molecule has 0 amide bonds. The minimum absolute atomic E-state index is 0.164. The number of likely N-dealkylation sites (tertiary alicyclic amines) is 1. The van der Waals surface area contributed by atoms with Crippen LogP contribution in [0.1, 0.15) is 57.7 Å². The number of rotatable bonds is 12. The first kappa shape index (κ1) is 29.6. The Bertz CT molecular complexity index is 1240. The summed E-state index contributed by atoms with van der Waals surface area (Å²) < 4.78 is 32.9. The summed E-state index contributed by atoms with van der Waals surface area (Å²) >= 11 is 0. The highest BCUT2D eigenvalue weighted by Crippen LogP contribution is 2.40. The molecule has 40 heavy (non-hydrogen) atoms. The molecule has 0 radical (unpaired) electrons. The first-order chi connectivity index (χ1) is 19.1.